The summed E-state index contributed by atoms with van der Waals surface area (Å²) in [5.41, 5.74) is 14.1. The number of carbonyl (C=O) groups excluding carboxylic acids is 3. The normalized spacial score (nSPS) is 18.9. The number of anilines is 2. The van der Waals surface area contributed by atoms with E-state index in [1.165, 1.54) is 12.1 Å². The molecule has 6 aromatic rings. The fourth-order valence-corrected chi connectivity index (χ4v) is 12.7. The van der Waals surface area contributed by atoms with Crippen LogP contribution in [0, 0.1) is 5.82 Å². The van der Waals surface area contributed by atoms with Crippen LogP contribution >= 0.6 is 23.2 Å². The molecule has 0 spiro atoms. The lowest BCUT2D eigenvalue weighted by molar-refractivity contribution is -0.131. The molecular formula is C66H79Cl2FN10O7. The molecule has 4 amide bonds. The monoisotopic (exact) mass is 1210 g/mol. The summed E-state index contributed by atoms with van der Waals surface area (Å²) in [4.78, 5) is 59.1. The summed E-state index contributed by atoms with van der Waals surface area (Å²) in [6.45, 7) is 17.1. The Morgan fingerprint density at radius 1 is 0.872 bits per heavy atom. The minimum Gasteiger partial charge on any atom is -0.493 e. The first-order valence-electron chi connectivity index (χ1n) is 29.7. The zero-order chi connectivity index (χ0) is 61.0. The minimum absolute atomic E-state index is 0.0879. The van der Waals surface area contributed by atoms with Crippen LogP contribution < -0.4 is 20.1 Å². The van der Waals surface area contributed by atoms with Gasteiger partial charge in [-0.3, -0.25) is 19.4 Å². The van der Waals surface area contributed by atoms with Gasteiger partial charge in [0.25, 0.3) is 5.91 Å². The lowest BCUT2D eigenvalue weighted by Crippen LogP contribution is -2.53. The Morgan fingerprint density at radius 2 is 1.57 bits per heavy atom. The molecule has 17 nitrogen and oxygen atoms in total. The molecule has 456 valence electrons. The summed E-state index contributed by atoms with van der Waals surface area (Å²) in [5, 5.41) is 6.20. The SMILES string of the molecule is CCOc1cc(C(C)(C)C)ccc1C1=C[C@@](C)(c2ccc(Cl)cc2)[C@@H](c2ccc(Cl)cc2)N1C(=O)N1CCN(CCOCCOCCC(=O)N(C)CCn2nc3c(c2OC)-c2cnc(N)c(c2)N2CCC[C@@H]2c2cc(F)ccc2C(=O)N(C)C3)CC1. The molecule has 2 aromatic heterocycles. The Kier molecular flexibility index (Phi) is 19.0. The van der Waals surface area contributed by atoms with Crippen molar-refractivity contribution in [2.45, 2.75) is 89.9 Å². The van der Waals surface area contributed by atoms with Crippen LogP contribution in [0.15, 0.2) is 103 Å². The lowest BCUT2D eigenvalue weighted by atomic mass is 9.74. The van der Waals surface area contributed by atoms with Gasteiger partial charge in [-0.1, -0.05) is 74.3 Å². The number of rotatable bonds is 18. The van der Waals surface area contributed by atoms with Gasteiger partial charge in [0.2, 0.25) is 11.8 Å². The zero-order valence-electron chi connectivity index (χ0n) is 50.6. The van der Waals surface area contributed by atoms with E-state index in [-0.39, 0.29) is 48.9 Å². The largest absolute Gasteiger partial charge is 0.493 e. The van der Waals surface area contributed by atoms with E-state index >= 15 is 4.79 Å². The number of nitrogens with two attached hydrogens (primary N) is 1. The van der Waals surface area contributed by atoms with Crippen LogP contribution in [0.4, 0.5) is 20.7 Å². The second kappa shape index (κ2) is 26.4. The molecule has 6 heterocycles. The fraction of sp³-hybridized carbons (Fsp3) is 0.439. The van der Waals surface area contributed by atoms with Crippen molar-refractivity contribution in [2.24, 2.45) is 0 Å². The van der Waals surface area contributed by atoms with Crippen molar-refractivity contribution < 1.29 is 37.7 Å². The van der Waals surface area contributed by atoms with Crippen LogP contribution in [0.2, 0.25) is 10.0 Å². The maximum absolute atomic E-state index is 15.4. The number of pyridine rings is 1. The number of hydrogen-bond acceptors (Lipinski definition) is 12. The summed E-state index contributed by atoms with van der Waals surface area (Å²) in [6, 6.07) is 27.5. The second-order valence-electron chi connectivity index (χ2n) is 23.9. The van der Waals surface area contributed by atoms with Gasteiger partial charge in [-0.25, -0.2) is 18.9 Å². The number of urea groups is 1. The van der Waals surface area contributed by atoms with Gasteiger partial charge >= 0.3 is 6.03 Å². The van der Waals surface area contributed by atoms with Gasteiger partial charge < -0.3 is 44.3 Å². The average molecular weight is 1210 g/mol. The Balaban J connectivity index is 0.721. The van der Waals surface area contributed by atoms with Gasteiger partial charge in [-0.2, -0.15) is 5.10 Å². The van der Waals surface area contributed by atoms with Crippen molar-refractivity contribution >= 4 is 58.2 Å². The third-order valence-electron chi connectivity index (χ3n) is 17.2. The highest BCUT2D eigenvalue weighted by atomic mass is 35.5. The van der Waals surface area contributed by atoms with E-state index in [1.54, 1.807) is 47.9 Å². The molecule has 0 aliphatic carbocycles. The number of piperazine rings is 1. The maximum atomic E-state index is 15.4. The molecule has 3 atom stereocenters. The molecule has 4 aliphatic heterocycles. The van der Waals surface area contributed by atoms with E-state index in [0.717, 1.165) is 46.5 Å². The van der Waals surface area contributed by atoms with Crippen molar-refractivity contribution in [3.63, 3.8) is 0 Å². The summed E-state index contributed by atoms with van der Waals surface area (Å²) in [6.07, 6.45) is 5.63. The van der Waals surface area contributed by atoms with Gasteiger partial charge in [-0.15, -0.1) is 0 Å². The predicted molar refractivity (Wildman–Crippen MR) is 334 cm³/mol. The highest BCUT2D eigenvalue weighted by Crippen LogP contribution is 2.54. The van der Waals surface area contributed by atoms with E-state index in [0.29, 0.717) is 134 Å². The number of methoxy groups -OCH3 is 1. The summed E-state index contributed by atoms with van der Waals surface area (Å²) in [7, 11) is 5.02. The van der Waals surface area contributed by atoms with Gasteiger partial charge in [0.1, 0.15) is 17.4 Å². The predicted octanol–water partition coefficient (Wildman–Crippen LogP) is 11.3. The number of halogens is 3. The topological polar surface area (TPSA) is 164 Å². The Hall–Kier alpha value is -7.22. The average Bonchev–Trinajstić information content (AvgIpc) is 1.59. The number of ether oxygens (including phenoxy) is 4. The number of amides is 4. The third-order valence-corrected chi connectivity index (χ3v) is 17.7. The second-order valence-corrected chi connectivity index (χ2v) is 24.7. The van der Waals surface area contributed by atoms with Crippen LogP contribution in [0.3, 0.4) is 0 Å². The number of nitrogen functional groups attached to an aromatic ring is 1. The van der Waals surface area contributed by atoms with E-state index in [2.05, 4.69) is 66.8 Å². The third kappa shape index (κ3) is 13.1. The maximum Gasteiger partial charge on any atom is 0.325 e. The summed E-state index contributed by atoms with van der Waals surface area (Å²) in [5.74, 6) is 0.743. The summed E-state index contributed by atoms with van der Waals surface area (Å²) >= 11 is 12.9. The first-order valence-corrected chi connectivity index (χ1v) is 30.5. The van der Waals surface area contributed by atoms with Gasteiger partial charge in [0, 0.05) is 98.3 Å². The molecule has 0 saturated carbocycles. The van der Waals surface area contributed by atoms with E-state index < -0.39 is 17.3 Å². The highest BCUT2D eigenvalue weighted by molar-refractivity contribution is 6.30. The van der Waals surface area contributed by atoms with Gasteiger partial charge in [0.05, 0.1) is 94.4 Å². The first-order chi connectivity index (χ1) is 41.3. The Labute approximate surface area is 514 Å². The van der Waals surface area contributed by atoms with Crippen molar-refractivity contribution in [3.05, 3.63) is 158 Å². The fourth-order valence-electron chi connectivity index (χ4n) is 12.4. The van der Waals surface area contributed by atoms with Crippen molar-refractivity contribution in [2.75, 3.05) is 111 Å². The molecule has 0 unspecified atom stereocenters. The molecule has 20 heteroatoms. The minimum atomic E-state index is -0.672. The molecule has 4 aromatic carbocycles. The zero-order valence-corrected chi connectivity index (χ0v) is 52.1. The van der Waals surface area contributed by atoms with Crippen LogP contribution in [0.1, 0.15) is 110 Å². The Bertz CT molecular complexity index is 3460. The van der Waals surface area contributed by atoms with Crippen LogP contribution in [0.5, 0.6) is 11.6 Å². The molecule has 0 radical (unpaired) electrons. The molecule has 4 aliphatic rings. The van der Waals surface area contributed by atoms with E-state index in [1.807, 2.05) is 71.3 Å². The van der Waals surface area contributed by atoms with E-state index in [4.69, 9.17) is 53.0 Å². The number of nitrogens with zero attached hydrogens (tertiary/aromatic N) is 9. The van der Waals surface area contributed by atoms with E-state index in [9.17, 15) is 14.0 Å². The molecule has 2 fully saturated rings. The summed E-state index contributed by atoms with van der Waals surface area (Å²) < 4.78 is 40.8. The number of carbonyl (C=O) groups is 3. The van der Waals surface area contributed by atoms with Crippen molar-refractivity contribution in [1.29, 1.82) is 0 Å². The number of aromatic nitrogens is 3. The van der Waals surface area contributed by atoms with Crippen LogP contribution in [-0.4, -0.2) is 157 Å². The standard InChI is InChI=1S/C66H79Cl2FN10O7/c1-9-86-57-38-46(65(2,3)4)16-22-51(57)56-40-66(5,45-14-19-48(68)20-15-45)60(43-12-17-47(67)18-13-43)79(56)64(82)76-29-27-75(28-30-76)32-34-85-36-35-84-33-24-58(80)73(6)26-31-78-63(83-8)59-44-37-55(61(70)71-41-44)77-25-10-11-54(77)52-39-49(69)21-23-50(52)62(81)74(7)42-53(59)72-78/h12-23,37-41,54,60H,9-11,24-36,42H2,1-8H3,(H2,70,71)/t54-,60-,66+/m1/s1. The molecule has 10 rings (SSSR count). The highest BCUT2D eigenvalue weighted by Gasteiger charge is 2.50. The number of fused-ring (bicyclic) bond motifs is 8. The Morgan fingerprint density at radius 3 is 2.27 bits per heavy atom. The molecule has 2 bridgehead atoms. The molecule has 2 saturated heterocycles. The van der Waals surface area contributed by atoms with Gasteiger partial charge in [0.15, 0.2) is 0 Å². The number of benzene rings is 4. The quantitative estimate of drug-likeness (QED) is 0.0811. The molecule has 2 N–H and O–H groups in total. The molecule has 86 heavy (non-hydrogen) atoms. The van der Waals surface area contributed by atoms with Crippen molar-refractivity contribution in [3.8, 4) is 22.8 Å². The first kappa shape index (κ1) is 61.9. The number of likely N-dealkylation sites (N-methyl/N-ethyl adjacent to an activating group) is 1. The van der Waals surface area contributed by atoms with Gasteiger partial charge in [-0.05, 0) is 121 Å². The molecular weight excluding hydrogens is 1130 g/mol. The number of hydrogen-bond donors (Lipinski definition) is 1. The van der Waals surface area contributed by atoms with Crippen LogP contribution in [-0.2, 0) is 38.2 Å². The smallest absolute Gasteiger partial charge is 0.325 e. The van der Waals surface area contributed by atoms with Crippen LogP contribution in [0.25, 0.3) is 16.8 Å². The lowest BCUT2D eigenvalue weighted by Gasteiger charge is -2.42. The van der Waals surface area contributed by atoms with Crippen molar-refractivity contribution in [1.82, 2.24) is 39.3 Å².